The molecule has 5 aromatic rings. The molecule has 0 aliphatic heterocycles. The molecule has 0 amide bonds. The molecule has 0 bridgehead atoms. The lowest BCUT2D eigenvalue weighted by Gasteiger charge is -2.09. The van der Waals surface area contributed by atoms with Crippen LogP contribution in [0.5, 0.6) is 0 Å². The molecule has 0 radical (unpaired) electrons. The van der Waals surface area contributed by atoms with Crippen molar-refractivity contribution in [2.75, 3.05) is 0 Å². The fourth-order valence-electron chi connectivity index (χ4n) is 3.11. The van der Waals surface area contributed by atoms with Crippen LogP contribution in [0.15, 0.2) is 54.9 Å². The molecule has 25 heavy (non-hydrogen) atoms. The molecule has 0 fully saturated rings. The standard InChI is InChI=1S/C19H10N4O2/c24-19(25)10-8-12-16(21-9-10)15-11(4-3-7-20-15)17-18(12)23-14-6-2-1-5-13(14)22-17/h1-9H,(H,24,25). The Hall–Kier alpha value is -3.67. The number of aromatic nitrogens is 4. The molecular formula is C19H10N4O2. The number of carboxylic acid groups (broad SMARTS) is 1. The lowest BCUT2D eigenvalue weighted by molar-refractivity contribution is 0.0696. The summed E-state index contributed by atoms with van der Waals surface area (Å²) in [6.07, 6.45) is 3.04. The highest BCUT2D eigenvalue weighted by atomic mass is 16.4. The summed E-state index contributed by atoms with van der Waals surface area (Å²) in [5, 5.41) is 10.8. The Kier molecular flexibility index (Phi) is 2.70. The molecular weight excluding hydrogens is 316 g/mol. The van der Waals surface area contributed by atoms with Crippen molar-refractivity contribution < 1.29 is 9.90 Å². The lowest BCUT2D eigenvalue weighted by Crippen LogP contribution is -1.99. The predicted molar refractivity (Wildman–Crippen MR) is 94.6 cm³/mol. The van der Waals surface area contributed by atoms with Crippen molar-refractivity contribution >= 4 is 49.8 Å². The second-order valence-electron chi connectivity index (χ2n) is 5.73. The number of fused-ring (bicyclic) bond motifs is 7. The maximum absolute atomic E-state index is 11.4. The molecule has 6 heteroatoms. The van der Waals surface area contributed by atoms with Crippen molar-refractivity contribution in [2.24, 2.45) is 0 Å². The summed E-state index contributed by atoms with van der Waals surface area (Å²) in [4.78, 5) is 29.6. The third kappa shape index (κ3) is 1.94. The molecule has 5 rings (SSSR count). The maximum Gasteiger partial charge on any atom is 0.337 e. The van der Waals surface area contributed by atoms with Gasteiger partial charge < -0.3 is 5.11 Å². The Morgan fingerprint density at radius 1 is 0.800 bits per heavy atom. The zero-order chi connectivity index (χ0) is 17.0. The van der Waals surface area contributed by atoms with E-state index in [0.29, 0.717) is 27.5 Å². The summed E-state index contributed by atoms with van der Waals surface area (Å²) in [6, 6.07) is 13.0. The molecule has 0 aliphatic rings. The van der Waals surface area contributed by atoms with Crippen LogP contribution >= 0.6 is 0 Å². The van der Waals surface area contributed by atoms with E-state index in [4.69, 9.17) is 9.97 Å². The average Bonchev–Trinajstić information content (AvgIpc) is 2.66. The van der Waals surface area contributed by atoms with Crippen LogP contribution in [-0.2, 0) is 0 Å². The zero-order valence-corrected chi connectivity index (χ0v) is 12.8. The maximum atomic E-state index is 11.4. The molecule has 118 valence electrons. The SMILES string of the molecule is O=C(O)c1cnc2c(c1)c1nc3ccccc3nc1c1cccnc12. The second-order valence-corrected chi connectivity index (χ2v) is 5.73. The van der Waals surface area contributed by atoms with Crippen LogP contribution in [0.3, 0.4) is 0 Å². The highest BCUT2D eigenvalue weighted by Gasteiger charge is 2.15. The quantitative estimate of drug-likeness (QED) is 0.374. The zero-order valence-electron chi connectivity index (χ0n) is 12.8. The van der Waals surface area contributed by atoms with Gasteiger partial charge in [0, 0.05) is 23.2 Å². The summed E-state index contributed by atoms with van der Waals surface area (Å²) in [5.41, 5.74) is 4.27. The lowest BCUT2D eigenvalue weighted by atomic mass is 10.1. The van der Waals surface area contributed by atoms with E-state index in [1.54, 1.807) is 12.3 Å². The van der Waals surface area contributed by atoms with Gasteiger partial charge in [0.1, 0.15) is 0 Å². The molecule has 0 spiro atoms. The first-order valence-electron chi connectivity index (χ1n) is 7.68. The van der Waals surface area contributed by atoms with E-state index >= 15 is 0 Å². The monoisotopic (exact) mass is 326 g/mol. The molecule has 0 saturated heterocycles. The van der Waals surface area contributed by atoms with Gasteiger partial charge in [-0.15, -0.1) is 0 Å². The highest BCUT2D eigenvalue weighted by Crippen LogP contribution is 2.32. The molecule has 1 N–H and O–H groups in total. The summed E-state index contributed by atoms with van der Waals surface area (Å²) < 4.78 is 0. The van der Waals surface area contributed by atoms with E-state index < -0.39 is 5.97 Å². The summed E-state index contributed by atoms with van der Waals surface area (Å²) >= 11 is 0. The van der Waals surface area contributed by atoms with Crippen molar-refractivity contribution in [3.63, 3.8) is 0 Å². The van der Waals surface area contributed by atoms with Crippen LogP contribution in [0.25, 0.3) is 43.9 Å². The van der Waals surface area contributed by atoms with Crippen LogP contribution in [-0.4, -0.2) is 31.0 Å². The average molecular weight is 326 g/mol. The predicted octanol–water partition coefficient (Wildman–Crippen LogP) is 3.58. The summed E-state index contributed by atoms with van der Waals surface area (Å²) in [5.74, 6) is -1.03. The van der Waals surface area contributed by atoms with E-state index in [-0.39, 0.29) is 5.56 Å². The van der Waals surface area contributed by atoms with Gasteiger partial charge in [0.2, 0.25) is 0 Å². The van der Waals surface area contributed by atoms with Gasteiger partial charge in [-0.05, 0) is 30.3 Å². The van der Waals surface area contributed by atoms with Gasteiger partial charge in [-0.25, -0.2) is 14.8 Å². The van der Waals surface area contributed by atoms with Crippen molar-refractivity contribution in [3.05, 3.63) is 60.4 Å². The van der Waals surface area contributed by atoms with Gasteiger partial charge in [-0.2, -0.15) is 0 Å². The fraction of sp³-hybridized carbons (Fsp3) is 0. The summed E-state index contributed by atoms with van der Waals surface area (Å²) in [6.45, 7) is 0. The van der Waals surface area contributed by atoms with Gasteiger partial charge >= 0.3 is 5.97 Å². The fourth-order valence-corrected chi connectivity index (χ4v) is 3.11. The minimum atomic E-state index is -1.03. The number of benzene rings is 2. The smallest absolute Gasteiger partial charge is 0.337 e. The topological polar surface area (TPSA) is 88.9 Å². The van der Waals surface area contributed by atoms with Gasteiger partial charge in [0.05, 0.1) is 38.7 Å². The van der Waals surface area contributed by atoms with Gasteiger partial charge in [0.15, 0.2) is 0 Å². The van der Waals surface area contributed by atoms with Gasteiger partial charge in [0.25, 0.3) is 0 Å². The minimum Gasteiger partial charge on any atom is -0.478 e. The Balaban J connectivity index is 2.10. The number of aromatic carboxylic acids is 1. The van der Waals surface area contributed by atoms with E-state index in [1.165, 1.54) is 6.20 Å². The van der Waals surface area contributed by atoms with E-state index in [1.807, 2.05) is 36.4 Å². The number of carbonyl (C=O) groups is 1. The minimum absolute atomic E-state index is 0.110. The van der Waals surface area contributed by atoms with E-state index in [2.05, 4.69) is 9.97 Å². The molecule has 0 saturated carbocycles. The molecule has 2 aromatic carbocycles. The number of para-hydroxylation sites is 2. The van der Waals surface area contributed by atoms with Crippen molar-refractivity contribution in [2.45, 2.75) is 0 Å². The number of carboxylic acids is 1. The van der Waals surface area contributed by atoms with Crippen LogP contribution in [0.2, 0.25) is 0 Å². The number of rotatable bonds is 1. The molecule has 3 aromatic heterocycles. The number of nitrogens with zero attached hydrogens (tertiary/aromatic N) is 4. The first kappa shape index (κ1) is 13.7. The number of hydrogen-bond acceptors (Lipinski definition) is 5. The van der Waals surface area contributed by atoms with Crippen LogP contribution in [0.1, 0.15) is 10.4 Å². The van der Waals surface area contributed by atoms with E-state index in [0.717, 1.165) is 16.4 Å². The Bertz CT molecular complexity index is 1330. The number of pyridine rings is 2. The van der Waals surface area contributed by atoms with Crippen molar-refractivity contribution in [1.29, 1.82) is 0 Å². The van der Waals surface area contributed by atoms with Crippen LogP contribution < -0.4 is 0 Å². The normalized spacial score (nSPS) is 11.5. The molecule has 3 heterocycles. The number of hydrogen-bond donors (Lipinski definition) is 1. The van der Waals surface area contributed by atoms with Crippen LogP contribution in [0.4, 0.5) is 0 Å². The largest absolute Gasteiger partial charge is 0.478 e. The molecule has 0 unspecified atom stereocenters. The Labute approximate surface area is 140 Å². The second kappa shape index (κ2) is 4.91. The first-order valence-corrected chi connectivity index (χ1v) is 7.68. The van der Waals surface area contributed by atoms with Gasteiger partial charge in [-0.3, -0.25) is 9.97 Å². The summed E-state index contributed by atoms with van der Waals surface area (Å²) in [7, 11) is 0. The third-order valence-corrected chi connectivity index (χ3v) is 4.25. The third-order valence-electron chi connectivity index (χ3n) is 4.25. The van der Waals surface area contributed by atoms with E-state index in [9.17, 15) is 9.90 Å². The molecule has 6 nitrogen and oxygen atoms in total. The van der Waals surface area contributed by atoms with Crippen molar-refractivity contribution in [3.8, 4) is 0 Å². The van der Waals surface area contributed by atoms with Gasteiger partial charge in [-0.1, -0.05) is 12.1 Å². The highest BCUT2D eigenvalue weighted by molar-refractivity contribution is 6.21. The molecule has 0 aliphatic carbocycles. The van der Waals surface area contributed by atoms with Crippen LogP contribution in [0, 0.1) is 0 Å². The van der Waals surface area contributed by atoms with Crippen molar-refractivity contribution in [1.82, 2.24) is 19.9 Å². The Morgan fingerprint density at radius 3 is 2.20 bits per heavy atom. The first-order chi connectivity index (χ1) is 12.2. The molecule has 0 atom stereocenters. The Morgan fingerprint density at radius 2 is 1.48 bits per heavy atom.